The Morgan fingerprint density at radius 2 is 1.77 bits per heavy atom. The summed E-state index contributed by atoms with van der Waals surface area (Å²) in [6.45, 7) is 7.89. The molecular weight excluding hydrogens is 452 g/mol. The summed E-state index contributed by atoms with van der Waals surface area (Å²) in [5.74, 6) is -0.749. The third kappa shape index (κ3) is 3.21. The van der Waals surface area contributed by atoms with E-state index < -0.39 is 29.6 Å². The highest BCUT2D eigenvalue weighted by molar-refractivity contribution is 5.93. The van der Waals surface area contributed by atoms with E-state index in [1.54, 1.807) is 0 Å². The van der Waals surface area contributed by atoms with E-state index in [1.165, 1.54) is 20.8 Å². The molecule has 0 amide bonds. The molecule has 5 aliphatic rings. The summed E-state index contributed by atoms with van der Waals surface area (Å²) in [7, 11) is 0. The standard InChI is InChI=1S/C27H34O8/c1-15(28)32-14-22(31)26(34-17(3)30)11-9-20-21-7-6-18-12-19(33-16(2)29)8-10-24(18,4)27(21)23(35-27)13-25(20,26)5/h6,12,20-21,23H,7-11,13-14H2,1-5H3/t20-,21-,23-,24-,25-,26-,27+/m0/s1. The van der Waals surface area contributed by atoms with Crippen molar-refractivity contribution in [1.29, 1.82) is 0 Å². The minimum Gasteiger partial charge on any atom is -0.458 e. The number of hydrogen-bond acceptors (Lipinski definition) is 8. The maximum atomic E-state index is 13.5. The SMILES string of the molecule is CC(=O)OCC(=O)[C@@]1(OC(C)=O)CC[C@H]2[C@@H]3CC=C4C=C(OC(C)=O)CC[C@]4(C)[C@@]34O[C@H]4C[C@@]21C. The van der Waals surface area contributed by atoms with Crippen molar-refractivity contribution in [3.05, 3.63) is 23.5 Å². The lowest BCUT2D eigenvalue weighted by molar-refractivity contribution is -0.187. The van der Waals surface area contributed by atoms with Gasteiger partial charge in [-0.2, -0.15) is 0 Å². The van der Waals surface area contributed by atoms with Gasteiger partial charge in [0.2, 0.25) is 5.78 Å². The van der Waals surface area contributed by atoms with Crippen LogP contribution in [0.2, 0.25) is 0 Å². The zero-order valence-corrected chi connectivity index (χ0v) is 21.1. The molecule has 0 unspecified atom stereocenters. The number of fused-ring (bicyclic) bond motifs is 3. The van der Waals surface area contributed by atoms with Gasteiger partial charge in [0.15, 0.2) is 12.2 Å². The van der Waals surface area contributed by atoms with Crippen molar-refractivity contribution in [1.82, 2.24) is 0 Å². The van der Waals surface area contributed by atoms with Crippen LogP contribution < -0.4 is 0 Å². The van der Waals surface area contributed by atoms with Gasteiger partial charge in [-0.1, -0.05) is 19.9 Å². The van der Waals surface area contributed by atoms with Gasteiger partial charge in [0.25, 0.3) is 0 Å². The number of allylic oxidation sites excluding steroid dienone is 3. The zero-order chi connectivity index (χ0) is 25.4. The Labute approximate surface area is 205 Å². The van der Waals surface area contributed by atoms with E-state index in [0.717, 1.165) is 24.8 Å². The number of carbonyl (C=O) groups is 4. The van der Waals surface area contributed by atoms with Gasteiger partial charge in [0, 0.05) is 38.0 Å². The molecule has 0 N–H and O–H groups in total. The monoisotopic (exact) mass is 486 g/mol. The molecule has 1 saturated heterocycles. The van der Waals surface area contributed by atoms with Gasteiger partial charge in [-0.3, -0.25) is 19.2 Å². The normalized spacial score (nSPS) is 42.7. The van der Waals surface area contributed by atoms with Crippen LogP contribution in [-0.2, 0) is 38.1 Å². The second kappa shape index (κ2) is 7.76. The number of carbonyl (C=O) groups excluding carboxylic acids is 4. The number of epoxide rings is 1. The quantitative estimate of drug-likeness (QED) is 0.330. The molecule has 3 fully saturated rings. The van der Waals surface area contributed by atoms with Crippen LogP contribution >= 0.6 is 0 Å². The van der Waals surface area contributed by atoms with Crippen LogP contribution in [0.25, 0.3) is 0 Å². The smallest absolute Gasteiger partial charge is 0.307 e. The van der Waals surface area contributed by atoms with E-state index in [-0.39, 0.29) is 40.7 Å². The fourth-order valence-corrected chi connectivity index (χ4v) is 8.22. The van der Waals surface area contributed by atoms with E-state index in [1.807, 2.05) is 13.0 Å². The highest BCUT2D eigenvalue weighted by Crippen LogP contribution is 2.76. The second-order valence-electron chi connectivity index (χ2n) is 11.3. The molecule has 0 radical (unpaired) electrons. The summed E-state index contributed by atoms with van der Waals surface area (Å²) in [6, 6.07) is 0. The van der Waals surface area contributed by atoms with Gasteiger partial charge >= 0.3 is 17.9 Å². The lowest BCUT2D eigenvalue weighted by atomic mass is 9.47. The second-order valence-corrected chi connectivity index (χ2v) is 11.3. The molecular formula is C27H34O8. The largest absolute Gasteiger partial charge is 0.458 e. The van der Waals surface area contributed by atoms with Gasteiger partial charge < -0.3 is 18.9 Å². The average molecular weight is 487 g/mol. The Hall–Kier alpha value is -2.48. The van der Waals surface area contributed by atoms with E-state index in [0.29, 0.717) is 25.0 Å². The topological polar surface area (TPSA) is 109 Å². The molecule has 7 atom stereocenters. The van der Waals surface area contributed by atoms with Crippen LogP contribution in [0.5, 0.6) is 0 Å². The van der Waals surface area contributed by atoms with Crippen LogP contribution in [0.3, 0.4) is 0 Å². The first-order chi connectivity index (χ1) is 16.4. The van der Waals surface area contributed by atoms with Crippen molar-refractivity contribution < 1.29 is 38.1 Å². The Kier molecular flexibility index (Phi) is 5.37. The Bertz CT molecular complexity index is 1070. The Morgan fingerprint density at radius 3 is 2.43 bits per heavy atom. The fraction of sp³-hybridized carbons (Fsp3) is 0.704. The van der Waals surface area contributed by atoms with E-state index in [9.17, 15) is 19.2 Å². The fourth-order valence-electron chi connectivity index (χ4n) is 8.22. The Morgan fingerprint density at radius 1 is 1.03 bits per heavy atom. The van der Waals surface area contributed by atoms with E-state index in [4.69, 9.17) is 18.9 Å². The van der Waals surface area contributed by atoms with Crippen LogP contribution in [0.4, 0.5) is 0 Å². The molecule has 2 saturated carbocycles. The summed E-state index contributed by atoms with van der Waals surface area (Å²) < 4.78 is 23.0. The number of ether oxygens (including phenoxy) is 4. The third-order valence-electron chi connectivity index (χ3n) is 9.68. The molecule has 190 valence electrons. The van der Waals surface area contributed by atoms with Crippen LogP contribution in [0.15, 0.2) is 23.5 Å². The molecule has 0 bridgehead atoms. The highest BCUT2D eigenvalue weighted by atomic mass is 16.6. The van der Waals surface area contributed by atoms with Crippen molar-refractivity contribution in [2.75, 3.05) is 6.61 Å². The van der Waals surface area contributed by atoms with Gasteiger partial charge in [0.1, 0.15) is 11.4 Å². The molecule has 8 heteroatoms. The molecule has 4 aliphatic carbocycles. The van der Waals surface area contributed by atoms with E-state index >= 15 is 0 Å². The van der Waals surface area contributed by atoms with Gasteiger partial charge in [-0.15, -0.1) is 0 Å². The summed E-state index contributed by atoms with van der Waals surface area (Å²) in [4.78, 5) is 48.6. The maximum absolute atomic E-state index is 13.5. The predicted octanol–water partition coefficient (Wildman–Crippen LogP) is 3.57. The summed E-state index contributed by atoms with van der Waals surface area (Å²) >= 11 is 0. The number of rotatable bonds is 5. The summed E-state index contributed by atoms with van der Waals surface area (Å²) in [5.41, 5.74) is -1.38. The molecule has 1 heterocycles. The molecule has 0 aromatic heterocycles. The lowest BCUT2D eigenvalue weighted by Crippen LogP contribution is -2.62. The van der Waals surface area contributed by atoms with Crippen LogP contribution in [0, 0.1) is 22.7 Å². The number of hydrogen-bond donors (Lipinski definition) is 0. The minimum atomic E-state index is -1.34. The predicted molar refractivity (Wildman–Crippen MR) is 123 cm³/mol. The van der Waals surface area contributed by atoms with Crippen molar-refractivity contribution >= 4 is 23.7 Å². The molecule has 35 heavy (non-hydrogen) atoms. The summed E-state index contributed by atoms with van der Waals surface area (Å²) in [5, 5.41) is 0. The van der Waals surface area contributed by atoms with E-state index in [2.05, 4.69) is 13.0 Å². The number of ketones is 1. The van der Waals surface area contributed by atoms with Crippen LogP contribution in [0.1, 0.15) is 73.1 Å². The number of esters is 3. The molecule has 1 spiro atoms. The average Bonchev–Trinajstić information content (AvgIpc) is 3.41. The first kappa shape index (κ1) is 24.2. The number of Topliss-reactive ketones (excluding diaryl/α,β-unsaturated/α-hetero) is 1. The molecule has 1 aliphatic heterocycles. The van der Waals surface area contributed by atoms with Crippen molar-refractivity contribution in [2.24, 2.45) is 22.7 Å². The Balaban J connectivity index is 1.51. The lowest BCUT2D eigenvalue weighted by Gasteiger charge is -2.55. The molecule has 8 nitrogen and oxygen atoms in total. The van der Waals surface area contributed by atoms with Crippen molar-refractivity contribution in [3.8, 4) is 0 Å². The maximum Gasteiger partial charge on any atom is 0.307 e. The minimum absolute atomic E-state index is 0.0688. The first-order valence-corrected chi connectivity index (χ1v) is 12.5. The third-order valence-corrected chi connectivity index (χ3v) is 9.68. The van der Waals surface area contributed by atoms with Gasteiger partial charge in [-0.25, -0.2) is 0 Å². The first-order valence-electron chi connectivity index (χ1n) is 12.5. The molecule has 0 aromatic carbocycles. The van der Waals surface area contributed by atoms with Crippen molar-refractivity contribution in [2.45, 2.75) is 90.4 Å². The molecule has 0 aromatic rings. The van der Waals surface area contributed by atoms with Gasteiger partial charge in [-0.05, 0) is 55.6 Å². The summed E-state index contributed by atoms with van der Waals surface area (Å²) in [6.07, 6.45) is 8.16. The zero-order valence-electron chi connectivity index (χ0n) is 21.1. The highest BCUT2D eigenvalue weighted by Gasteiger charge is 2.81. The molecule has 5 rings (SSSR count). The van der Waals surface area contributed by atoms with Crippen LogP contribution in [-0.4, -0.2) is 47.6 Å². The van der Waals surface area contributed by atoms with Gasteiger partial charge in [0.05, 0.1) is 6.10 Å². The van der Waals surface area contributed by atoms with Crippen molar-refractivity contribution in [3.63, 3.8) is 0 Å².